The fourth-order valence-corrected chi connectivity index (χ4v) is 3.51. The van der Waals surface area contributed by atoms with Gasteiger partial charge in [-0.2, -0.15) is 26.3 Å². The molecular formula is C21H21F7N4O7. The minimum Gasteiger partial charge on any atom is -0.481 e. The van der Waals surface area contributed by atoms with Crippen molar-refractivity contribution in [2.24, 2.45) is 11.3 Å². The lowest BCUT2D eigenvalue weighted by atomic mass is 9.82. The zero-order chi connectivity index (χ0) is 29.4. The fourth-order valence-electron chi connectivity index (χ4n) is 3.51. The smallest absolute Gasteiger partial charge is 0.481 e. The maximum Gasteiger partial charge on any atom is 0.490 e. The molecule has 0 radical (unpaired) electrons. The summed E-state index contributed by atoms with van der Waals surface area (Å²) in [5, 5.41) is 14.2. The van der Waals surface area contributed by atoms with E-state index in [1.165, 1.54) is 18.6 Å². The number of rotatable bonds is 5. The number of hydrogen-bond acceptors (Lipinski definition) is 9. The number of fused-ring (bicyclic) bond motifs is 1. The van der Waals surface area contributed by atoms with Crippen molar-refractivity contribution in [2.75, 3.05) is 44.9 Å². The van der Waals surface area contributed by atoms with Crippen molar-refractivity contribution in [1.82, 2.24) is 15.0 Å². The van der Waals surface area contributed by atoms with E-state index in [-0.39, 0.29) is 11.3 Å². The zero-order valence-electron chi connectivity index (χ0n) is 19.9. The Morgan fingerprint density at radius 2 is 1.74 bits per heavy atom. The van der Waals surface area contributed by atoms with Crippen LogP contribution < -0.4 is 14.4 Å². The second-order valence-corrected chi connectivity index (χ2v) is 8.06. The van der Waals surface area contributed by atoms with Crippen LogP contribution >= 0.6 is 0 Å². The molecule has 2 N–H and O–H groups in total. The van der Waals surface area contributed by atoms with E-state index in [1.807, 2.05) is 6.07 Å². The number of halogens is 7. The van der Waals surface area contributed by atoms with Crippen LogP contribution in [0.4, 0.5) is 36.6 Å². The molecule has 2 atom stereocenters. The summed E-state index contributed by atoms with van der Waals surface area (Å²) >= 11 is 0. The number of carbonyl (C=O) groups is 2. The van der Waals surface area contributed by atoms with Crippen LogP contribution in [0, 0.1) is 17.2 Å². The van der Waals surface area contributed by atoms with Gasteiger partial charge in [0.05, 0.1) is 32.3 Å². The number of methoxy groups -OCH3 is 1. The molecule has 2 aliphatic heterocycles. The minimum atomic E-state index is -5.08. The van der Waals surface area contributed by atoms with E-state index < -0.39 is 30.1 Å². The van der Waals surface area contributed by atoms with E-state index in [4.69, 9.17) is 34.0 Å². The van der Waals surface area contributed by atoms with E-state index in [9.17, 15) is 30.7 Å². The van der Waals surface area contributed by atoms with Crippen LogP contribution in [0.5, 0.6) is 11.8 Å². The van der Waals surface area contributed by atoms with Gasteiger partial charge in [0.1, 0.15) is 12.1 Å². The van der Waals surface area contributed by atoms with Gasteiger partial charge in [-0.05, 0) is 12.1 Å². The van der Waals surface area contributed by atoms with Crippen molar-refractivity contribution in [3.8, 4) is 11.8 Å². The Morgan fingerprint density at radius 1 is 1.13 bits per heavy atom. The second kappa shape index (κ2) is 12.7. The highest BCUT2D eigenvalue weighted by atomic mass is 19.4. The highest BCUT2D eigenvalue weighted by Gasteiger charge is 2.52. The number of aromatic nitrogens is 3. The third-order valence-electron chi connectivity index (χ3n) is 5.39. The number of hydrogen-bond donors (Lipinski definition) is 2. The maximum absolute atomic E-state index is 13.8. The molecule has 2 fully saturated rings. The van der Waals surface area contributed by atoms with Crippen molar-refractivity contribution in [2.45, 2.75) is 12.4 Å². The van der Waals surface area contributed by atoms with Crippen molar-refractivity contribution < 1.29 is 64.7 Å². The molecule has 0 aromatic carbocycles. The second-order valence-electron chi connectivity index (χ2n) is 8.06. The summed E-state index contributed by atoms with van der Waals surface area (Å²) in [5.41, 5.74) is -0.206. The van der Waals surface area contributed by atoms with E-state index in [0.717, 1.165) is 12.4 Å². The lowest BCUT2D eigenvalue weighted by Crippen LogP contribution is -2.37. The minimum absolute atomic E-state index is 0.0321. The predicted octanol–water partition coefficient (Wildman–Crippen LogP) is 2.82. The molecule has 4 rings (SSSR count). The maximum atomic E-state index is 13.8. The number of ether oxygens (including phenoxy) is 3. The van der Waals surface area contributed by atoms with E-state index in [0.29, 0.717) is 38.2 Å². The number of pyridine rings is 1. The summed E-state index contributed by atoms with van der Waals surface area (Å²) in [5.74, 6) is -4.31. The van der Waals surface area contributed by atoms with Gasteiger partial charge < -0.3 is 29.3 Å². The van der Waals surface area contributed by atoms with Crippen LogP contribution in [0.1, 0.15) is 0 Å². The highest BCUT2D eigenvalue weighted by molar-refractivity contribution is 5.73. The molecule has 2 aromatic heterocycles. The Labute approximate surface area is 215 Å². The standard InChI is InChI=1S/C17H19FN4O3.2C2HF3O2/c1-23-15-5-14(20-11-21-15)22-6-12-7-24-9-17(12,8-22)10-25-16-13(18)3-2-4-19-16;2*3-2(4,5)1(6)7/h2-5,11-12H,6-10H2,1H3;2*(H,6,7)/t12-,17+;;/m1../s1. The Bertz CT molecular complexity index is 1110. The quantitative estimate of drug-likeness (QED) is 0.509. The summed E-state index contributed by atoms with van der Waals surface area (Å²) < 4.78 is 93.8. The normalized spacial score (nSPS) is 20.1. The van der Waals surface area contributed by atoms with E-state index >= 15 is 0 Å². The number of aliphatic carboxylic acids is 2. The molecule has 0 unspecified atom stereocenters. The first-order valence-corrected chi connectivity index (χ1v) is 10.6. The van der Waals surface area contributed by atoms with E-state index in [2.05, 4.69) is 19.9 Å². The monoisotopic (exact) mass is 574 g/mol. The Morgan fingerprint density at radius 3 is 2.28 bits per heavy atom. The largest absolute Gasteiger partial charge is 0.490 e. The average Bonchev–Trinajstić information content (AvgIpc) is 3.41. The van der Waals surface area contributed by atoms with Gasteiger partial charge in [-0.25, -0.2) is 28.9 Å². The summed E-state index contributed by atoms with van der Waals surface area (Å²) in [6, 6.07) is 4.70. The Hall–Kier alpha value is -3.96. The van der Waals surface area contributed by atoms with Gasteiger partial charge in [0.15, 0.2) is 5.82 Å². The lowest BCUT2D eigenvalue weighted by Gasteiger charge is -2.27. The summed E-state index contributed by atoms with van der Waals surface area (Å²) in [6.45, 7) is 3.10. The van der Waals surface area contributed by atoms with Gasteiger partial charge in [0, 0.05) is 31.3 Å². The van der Waals surface area contributed by atoms with Gasteiger partial charge in [0.2, 0.25) is 11.8 Å². The molecule has 2 aromatic rings. The van der Waals surface area contributed by atoms with Gasteiger partial charge in [-0.15, -0.1) is 0 Å². The molecule has 39 heavy (non-hydrogen) atoms. The third kappa shape index (κ3) is 8.79. The molecule has 0 spiro atoms. The molecule has 2 saturated heterocycles. The van der Waals surface area contributed by atoms with Crippen LogP contribution in [-0.4, -0.2) is 89.5 Å². The van der Waals surface area contributed by atoms with Crippen molar-refractivity contribution in [1.29, 1.82) is 0 Å². The highest BCUT2D eigenvalue weighted by Crippen LogP contribution is 2.43. The number of anilines is 1. The van der Waals surface area contributed by atoms with Crippen molar-refractivity contribution in [3.05, 3.63) is 36.5 Å². The first-order chi connectivity index (χ1) is 18.1. The Kier molecular flexibility index (Phi) is 10.2. The van der Waals surface area contributed by atoms with Crippen LogP contribution in [0.25, 0.3) is 0 Å². The fraction of sp³-hybridized carbons (Fsp3) is 0.476. The molecule has 11 nitrogen and oxygen atoms in total. The molecular weight excluding hydrogens is 553 g/mol. The average molecular weight is 574 g/mol. The molecule has 2 aliphatic rings. The molecule has 0 saturated carbocycles. The topological polar surface area (TPSA) is 144 Å². The van der Waals surface area contributed by atoms with Crippen LogP contribution in [0.15, 0.2) is 30.7 Å². The zero-order valence-corrected chi connectivity index (χ0v) is 19.9. The first kappa shape index (κ1) is 31.3. The Balaban J connectivity index is 0.000000317. The van der Waals surface area contributed by atoms with Crippen molar-refractivity contribution in [3.63, 3.8) is 0 Å². The summed E-state index contributed by atoms with van der Waals surface area (Å²) in [6.07, 6.45) is -7.15. The number of carboxylic acids is 2. The number of nitrogens with zero attached hydrogens (tertiary/aromatic N) is 4. The molecule has 0 bridgehead atoms. The molecule has 18 heteroatoms. The van der Waals surface area contributed by atoms with Gasteiger partial charge in [-0.1, -0.05) is 0 Å². The first-order valence-electron chi connectivity index (χ1n) is 10.6. The van der Waals surface area contributed by atoms with E-state index in [1.54, 1.807) is 13.2 Å². The predicted molar refractivity (Wildman–Crippen MR) is 115 cm³/mol. The van der Waals surface area contributed by atoms with Gasteiger partial charge in [-0.3, -0.25) is 0 Å². The third-order valence-corrected chi connectivity index (χ3v) is 5.39. The molecule has 0 aliphatic carbocycles. The number of carboxylic acid groups (broad SMARTS) is 2. The van der Waals surface area contributed by atoms with Gasteiger partial charge in [0.25, 0.3) is 0 Å². The molecule has 216 valence electrons. The van der Waals surface area contributed by atoms with Crippen molar-refractivity contribution >= 4 is 17.8 Å². The van der Waals surface area contributed by atoms with Crippen LogP contribution in [0.3, 0.4) is 0 Å². The lowest BCUT2D eigenvalue weighted by molar-refractivity contribution is -0.193. The number of alkyl halides is 6. The van der Waals surface area contributed by atoms with Crippen LogP contribution in [-0.2, 0) is 14.3 Å². The molecule has 4 heterocycles. The summed E-state index contributed by atoms with van der Waals surface area (Å²) in [4.78, 5) is 32.3. The SMILES string of the molecule is COc1cc(N2C[C@@H]3COC[C@]3(COc3ncccc3F)C2)ncn1.O=C(O)C(F)(F)F.O=C(O)C(F)(F)F. The molecule has 0 amide bonds. The van der Waals surface area contributed by atoms with Crippen LogP contribution in [0.2, 0.25) is 0 Å². The summed E-state index contributed by atoms with van der Waals surface area (Å²) in [7, 11) is 1.58. The van der Waals surface area contributed by atoms with Gasteiger partial charge >= 0.3 is 24.3 Å².